The summed E-state index contributed by atoms with van der Waals surface area (Å²) in [6.07, 6.45) is 2.07. The Labute approximate surface area is 91.4 Å². The van der Waals surface area contributed by atoms with Gasteiger partial charge in [0.15, 0.2) is 0 Å². The van der Waals surface area contributed by atoms with Gasteiger partial charge in [0.2, 0.25) is 0 Å². The van der Waals surface area contributed by atoms with Crippen molar-refractivity contribution in [2.45, 2.75) is 12.3 Å². The molecule has 0 fully saturated rings. The molecule has 0 saturated heterocycles. The van der Waals surface area contributed by atoms with Crippen molar-refractivity contribution < 1.29 is 9.90 Å². The smallest absolute Gasteiger partial charge is 0.311 e. The number of carboxylic acids is 1. The number of halogens is 1. The van der Waals surface area contributed by atoms with E-state index in [1.165, 1.54) is 0 Å². The summed E-state index contributed by atoms with van der Waals surface area (Å²) >= 11 is 3.34. The van der Waals surface area contributed by atoms with Crippen molar-refractivity contribution >= 4 is 21.9 Å². The van der Waals surface area contributed by atoms with Crippen LogP contribution in [-0.4, -0.2) is 11.1 Å². The summed E-state index contributed by atoms with van der Waals surface area (Å²) in [6.45, 7) is 3.56. The summed E-state index contributed by atoms with van der Waals surface area (Å²) in [4.78, 5) is 11.0. The third-order valence-electron chi connectivity index (χ3n) is 1.98. The molecule has 0 saturated carbocycles. The van der Waals surface area contributed by atoms with Gasteiger partial charge in [-0.1, -0.05) is 40.2 Å². The Morgan fingerprint density at radius 2 is 2.21 bits per heavy atom. The molecule has 1 unspecified atom stereocenters. The number of hydrogen-bond donors (Lipinski definition) is 1. The van der Waals surface area contributed by atoms with Crippen LogP contribution >= 0.6 is 15.9 Å². The van der Waals surface area contributed by atoms with E-state index in [2.05, 4.69) is 22.5 Å². The van der Waals surface area contributed by atoms with Crippen LogP contribution in [0.4, 0.5) is 0 Å². The number of carbonyl (C=O) groups is 1. The minimum Gasteiger partial charge on any atom is -0.481 e. The maximum atomic E-state index is 11.0. The number of carboxylic acid groups (broad SMARTS) is 1. The molecule has 74 valence electrons. The fraction of sp³-hybridized carbons (Fsp3) is 0.182. The molecule has 0 radical (unpaired) electrons. The van der Waals surface area contributed by atoms with E-state index in [0.717, 1.165) is 10.0 Å². The first-order valence-electron chi connectivity index (χ1n) is 4.25. The van der Waals surface area contributed by atoms with Gasteiger partial charge in [0, 0.05) is 4.47 Å². The largest absolute Gasteiger partial charge is 0.481 e. The Morgan fingerprint density at radius 3 is 2.71 bits per heavy atom. The van der Waals surface area contributed by atoms with Crippen molar-refractivity contribution in [2.75, 3.05) is 0 Å². The van der Waals surface area contributed by atoms with Crippen LogP contribution in [0.3, 0.4) is 0 Å². The third kappa shape index (κ3) is 2.45. The Bertz CT molecular complexity index is 347. The quantitative estimate of drug-likeness (QED) is 0.839. The van der Waals surface area contributed by atoms with Crippen LogP contribution in [0.15, 0.2) is 41.4 Å². The van der Waals surface area contributed by atoms with E-state index in [1.807, 2.05) is 24.3 Å². The second kappa shape index (κ2) is 4.96. The molecule has 0 bridgehead atoms. The molecule has 1 atom stereocenters. The molecule has 0 amide bonds. The second-order valence-electron chi connectivity index (χ2n) is 2.94. The summed E-state index contributed by atoms with van der Waals surface area (Å²) in [5.41, 5.74) is 0.792. The van der Waals surface area contributed by atoms with Crippen LogP contribution < -0.4 is 0 Å². The number of rotatable bonds is 4. The molecule has 0 spiro atoms. The fourth-order valence-electron chi connectivity index (χ4n) is 1.29. The summed E-state index contributed by atoms with van der Waals surface area (Å²) in [6, 6.07) is 7.35. The minimum atomic E-state index is -0.822. The number of benzene rings is 1. The van der Waals surface area contributed by atoms with Gasteiger partial charge >= 0.3 is 5.97 Å². The molecule has 0 heterocycles. The van der Waals surface area contributed by atoms with E-state index in [-0.39, 0.29) is 0 Å². The first kappa shape index (κ1) is 11.0. The van der Waals surface area contributed by atoms with Gasteiger partial charge in [0.25, 0.3) is 0 Å². The maximum absolute atomic E-state index is 11.0. The molecule has 0 aliphatic rings. The summed E-state index contributed by atoms with van der Waals surface area (Å²) in [7, 11) is 0. The zero-order chi connectivity index (χ0) is 10.6. The van der Waals surface area contributed by atoms with Crippen molar-refractivity contribution in [1.82, 2.24) is 0 Å². The molecule has 0 aromatic heterocycles. The third-order valence-corrected chi connectivity index (χ3v) is 2.70. The predicted molar refractivity (Wildman–Crippen MR) is 59.3 cm³/mol. The Balaban J connectivity index is 3.04. The highest BCUT2D eigenvalue weighted by molar-refractivity contribution is 9.10. The standard InChI is InChI=1S/C11H11BrO2/c1-2-5-9(11(13)14)8-6-3-4-7-10(8)12/h2-4,6-7,9H,1,5H2,(H,13,14). The van der Waals surface area contributed by atoms with Crippen molar-refractivity contribution in [3.8, 4) is 0 Å². The Kier molecular flexibility index (Phi) is 3.89. The van der Waals surface area contributed by atoms with E-state index in [4.69, 9.17) is 5.11 Å². The second-order valence-corrected chi connectivity index (χ2v) is 3.79. The SMILES string of the molecule is C=CCC(C(=O)O)c1ccccc1Br. The highest BCUT2D eigenvalue weighted by Crippen LogP contribution is 2.27. The maximum Gasteiger partial charge on any atom is 0.311 e. The van der Waals surface area contributed by atoms with Gasteiger partial charge < -0.3 is 5.11 Å². The summed E-state index contributed by atoms with van der Waals surface area (Å²) in [5, 5.41) is 9.01. The van der Waals surface area contributed by atoms with Crippen LogP contribution in [0.5, 0.6) is 0 Å². The fourth-order valence-corrected chi connectivity index (χ4v) is 1.85. The van der Waals surface area contributed by atoms with Crippen LogP contribution in [0.1, 0.15) is 17.9 Å². The average molecular weight is 255 g/mol. The van der Waals surface area contributed by atoms with Crippen molar-refractivity contribution in [1.29, 1.82) is 0 Å². The number of aliphatic carboxylic acids is 1. The van der Waals surface area contributed by atoms with Crippen LogP contribution in [0.25, 0.3) is 0 Å². The molecule has 1 rings (SSSR count). The minimum absolute atomic E-state index is 0.442. The normalized spacial score (nSPS) is 12.1. The monoisotopic (exact) mass is 254 g/mol. The molecule has 2 nitrogen and oxygen atoms in total. The lowest BCUT2D eigenvalue weighted by Gasteiger charge is -2.11. The van der Waals surface area contributed by atoms with Crippen molar-refractivity contribution in [2.24, 2.45) is 0 Å². The molecule has 1 aromatic carbocycles. The highest BCUT2D eigenvalue weighted by Gasteiger charge is 2.19. The van der Waals surface area contributed by atoms with Gasteiger partial charge in [0.1, 0.15) is 0 Å². The Morgan fingerprint density at radius 1 is 1.57 bits per heavy atom. The molecule has 14 heavy (non-hydrogen) atoms. The Hall–Kier alpha value is -1.09. The first-order valence-corrected chi connectivity index (χ1v) is 5.04. The van der Waals surface area contributed by atoms with Crippen molar-refractivity contribution in [3.63, 3.8) is 0 Å². The molecule has 3 heteroatoms. The summed E-state index contributed by atoms with van der Waals surface area (Å²) < 4.78 is 0.828. The predicted octanol–water partition coefficient (Wildman–Crippen LogP) is 3.19. The topological polar surface area (TPSA) is 37.3 Å². The van der Waals surface area contributed by atoms with Gasteiger partial charge in [-0.3, -0.25) is 4.79 Å². The average Bonchev–Trinajstić information content (AvgIpc) is 2.15. The first-order chi connectivity index (χ1) is 6.66. The van der Waals surface area contributed by atoms with Gasteiger partial charge in [-0.15, -0.1) is 6.58 Å². The van der Waals surface area contributed by atoms with Gasteiger partial charge in [-0.25, -0.2) is 0 Å². The summed E-state index contributed by atoms with van der Waals surface area (Å²) in [5.74, 6) is -1.33. The molecular formula is C11H11BrO2. The number of allylic oxidation sites excluding steroid dienone is 1. The zero-order valence-electron chi connectivity index (χ0n) is 7.61. The molecular weight excluding hydrogens is 244 g/mol. The van der Waals surface area contributed by atoms with E-state index in [1.54, 1.807) is 6.08 Å². The van der Waals surface area contributed by atoms with E-state index in [0.29, 0.717) is 6.42 Å². The zero-order valence-corrected chi connectivity index (χ0v) is 9.20. The highest BCUT2D eigenvalue weighted by atomic mass is 79.9. The van der Waals surface area contributed by atoms with Crippen LogP contribution in [-0.2, 0) is 4.79 Å². The lowest BCUT2D eigenvalue weighted by molar-refractivity contribution is -0.138. The molecule has 0 aliphatic carbocycles. The van der Waals surface area contributed by atoms with Gasteiger partial charge in [-0.2, -0.15) is 0 Å². The van der Waals surface area contributed by atoms with Gasteiger partial charge in [0.05, 0.1) is 5.92 Å². The molecule has 0 aliphatic heterocycles. The van der Waals surface area contributed by atoms with Crippen molar-refractivity contribution in [3.05, 3.63) is 47.0 Å². The molecule has 1 N–H and O–H groups in total. The van der Waals surface area contributed by atoms with Crippen LogP contribution in [0.2, 0.25) is 0 Å². The van der Waals surface area contributed by atoms with Crippen LogP contribution in [0, 0.1) is 0 Å². The van der Waals surface area contributed by atoms with E-state index in [9.17, 15) is 4.79 Å². The lowest BCUT2D eigenvalue weighted by atomic mass is 9.96. The van der Waals surface area contributed by atoms with Gasteiger partial charge in [-0.05, 0) is 18.1 Å². The lowest BCUT2D eigenvalue weighted by Crippen LogP contribution is -2.11. The number of hydrogen-bond acceptors (Lipinski definition) is 1. The molecule has 1 aromatic rings. The van der Waals surface area contributed by atoms with E-state index < -0.39 is 11.9 Å². The van der Waals surface area contributed by atoms with E-state index >= 15 is 0 Å².